The van der Waals surface area contributed by atoms with E-state index in [2.05, 4.69) is 0 Å². The van der Waals surface area contributed by atoms with Crippen LogP contribution in [-0.2, 0) is 14.8 Å². The SMILES string of the molecule is CC(C(F)(F)F)S(=O)(=O)N1C[C@@H](C(F)(F)F)[C@H](C(=O)O)C1. The van der Waals surface area contributed by atoms with Gasteiger partial charge in [-0.25, -0.2) is 8.42 Å². The maximum Gasteiger partial charge on any atom is 0.406 e. The van der Waals surface area contributed by atoms with Crippen LogP contribution in [0.25, 0.3) is 0 Å². The largest absolute Gasteiger partial charge is 0.481 e. The van der Waals surface area contributed by atoms with Gasteiger partial charge in [-0.1, -0.05) is 0 Å². The molecule has 5 nitrogen and oxygen atoms in total. The van der Waals surface area contributed by atoms with Gasteiger partial charge in [0.15, 0.2) is 5.25 Å². The molecule has 1 rings (SSSR count). The number of hydrogen-bond acceptors (Lipinski definition) is 3. The van der Waals surface area contributed by atoms with E-state index in [0.717, 1.165) is 0 Å². The van der Waals surface area contributed by atoms with Gasteiger partial charge in [0.2, 0.25) is 10.0 Å². The Bertz CT molecular complexity index is 513. The molecule has 12 heteroatoms. The molecule has 3 atom stereocenters. The van der Waals surface area contributed by atoms with Gasteiger partial charge in [0.25, 0.3) is 0 Å². The van der Waals surface area contributed by atoms with Gasteiger partial charge in [-0.05, 0) is 6.92 Å². The van der Waals surface area contributed by atoms with E-state index in [1.54, 1.807) is 0 Å². The lowest BCUT2D eigenvalue weighted by Gasteiger charge is -2.23. The number of carboxylic acid groups (broad SMARTS) is 1. The molecule has 0 aromatic carbocycles. The van der Waals surface area contributed by atoms with Crippen LogP contribution in [-0.4, -0.2) is 54.5 Å². The highest BCUT2D eigenvalue weighted by Crippen LogP contribution is 2.40. The molecule has 0 spiro atoms. The Kier molecular flexibility index (Phi) is 4.55. The monoisotopic (exact) mass is 343 g/mol. The number of carbonyl (C=O) groups is 1. The highest BCUT2D eigenvalue weighted by molar-refractivity contribution is 7.89. The van der Waals surface area contributed by atoms with E-state index in [-0.39, 0.29) is 4.31 Å². The maximum atomic E-state index is 12.7. The van der Waals surface area contributed by atoms with E-state index >= 15 is 0 Å². The Morgan fingerprint density at radius 2 is 1.67 bits per heavy atom. The molecule has 1 fully saturated rings. The van der Waals surface area contributed by atoms with Crippen molar-refractivity contribution < 1.29 is 44.7 Å². The van der Waals surface area contributed by atoms with Crippen molar-refractivity contribution in [2.75, 3.05) is 13.1 Å². The zero-order chi connectivity index (χ0) is 16.8. The quantitative estimate of drug-likeness (QED) is 0.788. The normalized spacial score (nSPS) is 26.8. The molecule has 0 aromatic heterocycles. The van der Waals surface area contributed by atoms with Crippen LogP contribution < -0.4 is 0 Å². The van der Waals surface area contributed by atoms with Crippen molar-refractivity contribution in [3.63, 3.8) is 0 Å². The number of sulfonamides is 1. The zero-order valence-electron chi connectivity index (χ0n) is 10.4. The predicted octanol–water partition coefficient (Wildman–Crippen LogP) is 1.46. The number of nitrogens with zero attached hydrogens (tertiary/aromatic N) is 1. The number of aliphatic carboxylic acids is 1. The molecule has 0 saturated carbocycles. The topological polar surface area (TPSA) is 74.7 Å². The first-order chi connectivity index (χ1) is 9.19. The number of hydrogen-bond donors (Lipinski definition) is 1. The second-order valence-electron chi connectivity index (χ2n) is 4.64. The molecule has 1 saturated heterocycles. The molecule has 0 aromatic rings. The van der Waals surface area contributed by atoms with Crippen molar-refractivity contribution in [3.05, 3.63) is 0 Å². The van der Waals surface area contributed by atoms with Crippen LogP contribution in [0.5, 0.6) is 0 Å². The van der Waals surface area contributed by atoms with Crippen LogP contribution >= 0.6 is 0 Å². The molecule has 21 heavy (non-hydrogen) atoms. The van der Waals surface area contributed by atoms with Gasteiger partial charge in [0.05, 0.1) is 11.8 Å². The molecule has 0 radical (unpaired) electrons. The van der Waals surface area contributed by atoms with E-state index in [1.807, 2.05) is 0 Å². The van der Waals surface area contributed by atoms with Crippen LogP contribution in [0.3, 0.4) is 0 Å². The van der Waals surface area contributed by atoms with E-state index in [9.17, 15) is 39.6 Å². The summed E-state index contributed by atoms with van der Waals surface area (Å²) in [6, 6.07) is 0. The van der Waals surface area contributed by atoms with E-state index < -0.39 is 58.5 Å². The summed E-state index contributed by atoms with van der Waals surface area (Å²) in [5.74, 6) is -6.57. The molecular formula is C9H11F6NO4S. The number of alkyl halides is 6. The fourth-order valence-electron chi connectivity index (χ4n) is 1.95. The molecule has 124 valence electrons. The molecule has 1 aliphatic rings. The lowest BCUT2D eigenvalue weighted by atomic mass is 9.96. The Balaban J connectivity index is 3.10. The van der Waals surface area contributed by atoms with Crippen molar-refractivity contribution >= 4 is 16.0 Å². The predicted molar refractivity (Wildman–Crippen MR) is 56.7 cm³/mol. The van der Waals surface area contributed by atoms with E-state index in [1.165, 1.54) is 0 Å². The number of carboxylic acids is 1. The average molecular weight is 343 g/mol. The van der Waals surface area contributed by atoms with Crippen LogP contribution in [0.1, 0.15) is 6.92 Å². The lowest BCUT2D eigenvalue weighted by Crippen LogP contribution is -2.44. The Hall–Kier alpha value is -1.04. The van der Waals surface area contributed by atoms with Crippen LogP contribution in [0, 0.1) is 11.8 Å². The Labute approximate surface area is 115 Å². The van der Waals surface area contributed by atoms with Gasteiger partial charge < -0.3 is 5.11 Å². The third-order valence-electron chi connectivity index (χ3n) is 3.29. The maximum absolute atomic E-state index is 12.7. The molecule has 1 N–H and O–H groups in total. The minimum atomic E-state index is -5.16. The summed E-state index contributed by atoms with van der Waals surface area (Å²) in [5.41, 5.74) is 0. The van der Waals surface area contributed by atoms with Gasteiger partial charge in [-0.2, -0.15) is 30.6 Å². The highest BCUT2D eigenvalue weighted by Gasteiger charge is 2.57. The first-order valence-corrected chi connectivity index (χ1v) is 7.04. The molecule has 0 aliphatic carbocycles. The number of halogens is 6. The Morgan fingerprint density at radius 1 is 1.19 bits per heavy atom. The zero-order valence-corrected chi connectivity index (χ0v) is 11.3. The van der Waals surface area contributed by atoms with Crippen molar-refractivity contribution in [1.82, 2.24) is 4.31 Å². The fourth-order valence-corrected chi connectivity index (χ4v) is 3.47. The van der Waals surface area contributed by atoms with Crippen molar-refractivity contribution in [1.29, 1.82) is 0 Å². The Morgan fingerprint density at radius 3 is 1.95 bits per heavy atom. The smallest absolute Gasteiger partial charge is 0.406 e. The van der Waals surface area contributed by atoms with Gasteiger partial charge in [0, 0.05) is 13.1 Å². The van der Waals surface area contributed by atoms with E-state index in [4.69, 9.17) is 5.11 Å². The minimum absolute atomic E-state index is 0.0535. The molecule has 1 heterocycles. The minimum Gasteiger partial charge on any atom is -0.481 e. The summed E-state index contributed by atoms with van der Waals surface area (Å²) in [6.07, 6.45) is -10.2. The molecule has 0 amide bonds. The summed E-state index contributed by atoms with van der Waals surface area (Å²) < 4.78 is 98.6. The van der Waals surface area contributed by atoms with Crippen LogP contribution in [0.2, 0.25) is 0 Å². The summed E-state index contributed by atoms with van der Waals surface area (Å²) in [5, 5.41) is 5.77. The molecular weight excluding hydrogens is 332 g/mol. The van der Waals surface area contributed by atoms with Crippen molar-refractivity contribution in [2.45, 2.75) is 24.5 Å². The van der Waals surface area contributed by atoms with Crippen molar-refractivity contribution in [2.24, 2.45) is 11.8 Å². The number of rotatable bonds is 3. The fraction of sp³-hybridized carbons (Fsp3) is 0.889. The summed E-state index contributed by atoms with van der Waals surface area (Å²) in [7, 11) is -5.11. The van der Waals surface area contributed by atoms with Crippen LogP contribution in [0.4, 0.5) is 26.3 Å². The summed E-state index contributed by atoms with van der Waals surface area (Å²) >= 11 is 0. The van der Waals surface area contributed by atoms with Gasteiger partial charge in [0.1, 0.15) is 0 Å². The first kappa shape index (κ1) is 18.0. The molecule has 0 bridgehead atoms. The van der Waals surface area contributed by atoms with Crippen molar-refractivity contribution in [3.8, 4) is 0 Å². The van der Waals surface area contributed by atoms with Crippen LogP contribution in [0.15, 0.2) is 0 Å². The standard InChI is InChI=1S/C9H11F6NO4S/c1-4(8(10,11)12)21(19,20)16-2-5(7(17)18)6(3-16)9(13,14)15/h4-6H,2-3H2,1H3,(H,17,18)/t4?,5-,6-/m1/s1. The van der Waals surface area contributed by atoms with Gasteiger partial charge in [-0.3, -0.25) is 4.79 Å². The second kappa shape index (κ2) is 5.30. The molecule has 1 unspecified atom stereocenters. The third-order valence-corrected chi connectivity index (χ3v) is 5.47. The second-order valence-corrected chi connectivity index (χ2v) is 6.89. The lowest BCUT2D eigenvalue weighted by molar-refractivity contribution is -0.187. The highest BCUT2D eigenvalue weighted by atomic mass is 32.2. The summed E-state index contributed by atoms with van der Waals surface area (Å²) in [4.78, 5) is 10.8. The average Bonchev–Trinajstić information content (AvgIpc) is 2.71. The van der Waals surface area contributed by atoms with Gasteiger partial charge in [-0.15, -0.1) is 0 Å². The molecule has 1 aliphatic heterocycles. The van der Waals surface area contributed by atoms with Gasteiger partial charge >= 0.3 is 18.3 Å². The van der Waals surface area contributed by atoms with E-state index in [0.29, 0.717) is 6.92 Å². The third kappa shape index (κ3) is 3.59. The summed E-state index contributed by atoms with van der Waals surface area (Å²) in [6.45, 7) is -2.17. The first-order valence-electron chi connectivity index (χ1n) is 5.54.